The zero-order chi connectivity index (χ0) is 13.9. The van der Waals surface area contributed by atoms with E-state index < -0.39 is 0 Å². The molecule has 2 aromatic heterocycles. The Balaban J connectivity index is 1.97. The summed E-state index contributed by atoms with van der Waals surface area (Å²) in [5.74, 6) is 0.965. The van der Waals surface area contributed by atoms with Gasteiger partial charge >= 0.3 is 0 Å². The van der Waals surface area contributed by atoms with E-state index in [0.29, 0.717) is 0 Å². The Bertz CT molecular complexity index is 755. The number of benzene rings is 1. The Morgan fingerprint density at radius 3 is 2.80 bits per heavy atom. The Morgan fingerprint density at radius 2 is 2.05 bits per heavy atom. The molecule has 3 aromatic rings. The van der Waals surface area contributed by atoms with Crippen molar-refractivity contribution in [2.24, 2.45) is 0 Å². The fourth-order valence-corrected chi connectivity index (χ4v) is 3.05. The number of para-hydroxylation sites is 2. The highest BCUT2D eigenvalue weighted by Crippen LogP contribution is 2.21. The van der Waals surface area contributed by atoms with Crippen LogP contribution in [0.3, 0.4) is 0 Å². The maximum absolute atomic E-state index is 9.08. The second-order valence-corrected chi connectivity index (χ2v) is 5.70. The number of rotatable bonds is 4. The summed E-state index contributed by atoms with van der Waals surface area (Å²) in [5.41, 5.74) is 2.19. The molecule has 0 saturated heterocycles. The van der Waals surface area contributed by atoms with Crippen LogP contribution in [0.2, 0.25) is 0 Å². The van der Waals surface area contributed by atoms with Gasteiger partial charge in [-0.05, 0) is 43.3 Å². The largest absolute Gasteiger partial charge is 0.391 e. The van der Waals surface area contributed by atoms with E-state index in [9.17, 15) is 0 Å². The average molecular weight is 284 g/mol. The van der Waals surface area contributed by atoms with Crippen LogP contribution in [0.15, 0.2) is 36.4 Å². The van der Waals surface area contributed by atoms with Gasteiger partial charge in [0.15, 0.2) is 0 Å². The molecule has 1 N–H and O–H groups in total. The van der Waals surface area contributed by atoms with Crippen LogP contribution in [-0.2, 0) is 13.2 Å². The molecule has 0 amide bonds. The summed E-state index contributed by atoms with van der Waals surface area (Å²) in [6, 6.07) is 12.1. The zero-order valence-electron chi connectivity index (χ0n) is 11.3. The number of hydrogen-bond acceptors (Lipinski definition) is 3. The summed E-state index contributed by atoms with van der Waals surface area (Å²) >= 11 is 1.60. The third-order valence-electron chi connectivity index (χ3n) is 3.24. The highest BCUT2D eigenvalue weighted by Gasteiger charge is 2.06. The number of aliphatic hydroxyl groups is 1. The fourth-order valence-electron chi connectivity index (χ4n) is 2.28. The molecule has 0 atom stereocenters. The van der Waals surface area contributed by atoms with Crippen LogP contribution in [0, 0.1) is 0 Å². The molecule has 0 bridgehead atoms. The van der Waals surface area contributed by atoms with E-state index in [4.69, 9.17) is 5.11 Å². The number of aromatic nitrogens is 2. The molecule has 0 radical (unpaired) electrons. The normalized spacial score (nSPS) is 11.7. The van der Waals surface area contributed by atoms with Crippen molar-refractivity contribution in [1.82, 2.24) is 9.55 Å². The van der Waals surface area contributed by atoms with Gasteiger partial charge in [-0.25, -0.2) is 4.98 Å². The van der Waals surface area contributed by atoms with Gasteiger partial charge in [0.2, 0.25) is 0 Å². The van der Waals surface area contributed by atoms with E-state index in [1.54, 1.807) is 11.3 Å². The monoisotopic (exact) mass is 284 g/mol. The van der Waals surface area contributed by atoms with Gasteiger partial charge in [-0.2, -0.15) is 0 Å². The van der Waals surface area contributed by atoms with Gasteiger partial charge in [0.1, 0.15) is 5.82 Å². The lowest BCUT2D eigenvalue weighted by Crippen LogP contribution is -1.96. The minimum atomic E-state index is 0.103. The molecule has 0 aliphatic heterocycles. The van der Waals surface area contributed by atoms with Gasteiger partial charge in [0.25, 0.3) is 0 Å². The molecule has 4 heteroatoms. The highest BCUT2D eigenvalue weighted by atomic mass is 32.1. The third-order valence-corrected chi connectivity index (χ3v) is 4.27. The molecular weight excluding hydrogens is 268 g/mol. The number of nitrogens with zero attached hydrogens (tertiary/aromatic N) is 2. The average Bonchev–Trinajstić information content (AvgIpc) is 3.08. The van der Waals surface area contributed by atoms with Gasteiger partial charge in [-0.15, -0.1) is 11.3 Å². The maximum atomic E-state index is 9.08. The Hall–Kier alpha value is -1.91. The number of imidazole rings is 1. The van der Waals surface area contributed by atoms with E-state index >= 15 is 0 Å². The SMILES string of the molecule is CCn1c(/C=C/c2ccc(CO)s2)nc2ccccc21. The van der Waals surface area contributed by atoms with E-state index in [2.05, 4.69) is 28.6 Å². The Morgan fingerprint density at radius 1 is 1.20 bits per heavy atom. The number of aryl methyl sites for hydroxylation is 1. The first-order valence-electron chi connectivity index (χ1n) is 6.64. The molecule has 2 heterocycles. The lowest BCUT2D eigenvalue weighted by Gasteiger charge is -2.01. The first-order chi connectivity index (χ1) is 9.81. The van der Waals surface area contributed by atoms with Crippen molar-refractivity contribution in [1.29, 1.82) is 0 Å². The molecular formula is C16H16N2OS. The first-order valence-corrected chi connectivity index (χ1v) is 7.46. The van der Waals surface area contributed by atoms with Crippen LogP contribution in [-0.4, -0.2) is 14.7 Å². The molecule has 0 saturated carbocycles. The summed E-state index contributed by atoms with van der Waals surface area (Å²) < 4.78 is 2.20. The molecule has 0 aliphatic rings. The van der Waals surface area contributed by atoms with E-state index in [0.717, 1.165) is 33.2 Å². The quantitative estimate of drug-likeness (QED) is 0.791. The molecule has 0 fully saturated rings. The molecule has 0 spiro atoms. The predicted molar refractivity (Wildman–Crippen MR) is 84.6 cm³/mol. The minimum Gasteiger partial charge on any atom is -0.391 e. The van der Waals surface area contributed by atoms with Crippen molar-refractivity contribution in [3.63, 3.8) is 0 Å². The second-order valence-electron chi connectivity index (χ2n) is 4.50. The molecule has 1 aromatic carbocycles. The standard InChI is InChI=1S/C16H16N2OS/c1-2-18-15-6-4-3-5-14(15)17-16(18)10-9-12-7-8-13(11-19)20-12/h3-10,19H,2,11H2,1H3/b10-9+. The zero-order valence-corrected chi connectivity index (χ0v) is 12.1. The lowest BCUT2D eigenvalue weighted by atomic mass is 10.3. The van der Waals surface area contributed by atoms with Gasteiger partial charge in [-0.3, -0.25) is 0 Å². The number of hydrogen-bond donors (Lipinski definition) is 1. The minimum absolute atomic E-state index is 0.103. The van der Waals surface area contributed by atoms with E-state index in [1.165, 1.54) is 0 Å². The van der Waals surface area contributed by atoms with Crippen LogP contribution in [0.4, 0.5) is 0 Å². The predicted octanol–water partition coefficient (Wildman–Crippen LogP) is 3.78. The van der Waals surface area contributed by atoms with E-state index in [-0.39, 0.29) is 6.61 Å². The molecule has 0 unspecified atom stereocenters. The van der Waals surface area contributed by atoms with Crippen LogP contribution < -0.4 is 0 Å². The molecule has 20 heavy (non-hydrogen) atoms. The van der Waals surface area contributed by atoms with E-state index in [1.807, 2.05) is 36.4 Å². The van der Waals surface area contributed by atoms with Crippen molar-refractivity contribution < 1.29 is 5.11 Å². The number of aliphatic hydroxyl groups excluding tert-OH is 1. The summed E-state index contributed by atoms with van der Waals surface area (Å²) in [4.78, 5) is 6.77. The van der Waals surface area contributed by atoms with Crippen LogP contribution in [0.5, 0.6) is 0 Å². The van der Waals surface area contributed by atoms with Crippen molar-refractivity contribution >= 4 is 34.5 Å². The molecule has 3 nitrogen and oxygen atoms in total. The van der Waals surface area contributed by atoms with Crippen molar-refractivity contribution in [2.45, 2.75) is 20.1 Å². The fraction of sp³-hybridized carbons (Fsp3) is 0.188. The van der Waals surface area contributed by atoms with Gasteiger partial charge < -0.3 is 9.67 Å². The van der Waals surface area contributed by atoms with Gasteiger partial charge in [0, 0.05) is 16.3 Å². The van der Waals surface area contributed by atoms with Gasteiger partial charge in [0.05, 0.1) is 17.6 Å². The number of fused-ring (bicyclic) bond motifs is 1. The summed E-state index contributed by atoms with van der Waals surface area (Å²) in [6.07, 6.45) is 4.09. The van der Waals surface area contributed by atoms with Crippen LogP contribution >= 0.6 is 11.3 Å². The van der Waals surface area contributed by atoms with Gasteiger partial charge in [-0.1, -0.05) is 12.1 Å². The maximum Gasteiger partial charge on any atom is 0.133 e. The third kappa shape index (κ3) is 2.40. The summed E-state index contributed by atoms with van der Waals surface area (Å²) in [6.45, 7) is 3.12. The summed E-state index contributed by atoms with van der Waals surface area (Å²) in [5, 5.41) is 9.08. The highest BCUT2D eigenvalue weighted by molar-refractivity contribution is 7.12. The Kier molecular flexibility index (Phi) is 3.67. The molecule has 102 valence electrons. The second kappa shape index (κ2) is 5.61. The lowest BCUT2D eigenvalue weighted by molar-refractivity contribution is 0.285. The summed E-state index contributed by atoms with van der Waals surface area (Å²) in [7, 11) is 0. The smallest absolute Gasteiger partial charge is 0.133 e. The number of thiophene rings is 1. The van der Waals surface area contributed by atoms with Crippen LogP contribution in [0.1, 0.15) is 22.5 Å². The Labute approximate surface area is 121 Å². The first kappa shape index (κ1) is 13.1. The molecule has 3 rings (SSSR count). The molecule has 0 aliphatic carbocycles. The topological polar surface area (TPSA) is 38.0 Å². The van der Waals surface area contributed by atoms with Crippen LogP contribution in [0.25, 0.3) is 23.2 Å². The van der Waals surface area contributed by atoms with Crippen molar-refractivity contribution in [3.8, 4) is 0 Å². The van der Waals surface area contributed by atoms with Crippen molar-refractivity contribution in [2.75, 3.05) is 0 Å². The van der Waals surface area contributed by atoms with Crippen molar-refractivity contribution in [3.05, 3.63) is 52.0 Å².